The molecule has 0 fully saturated rings. The van der Waals surface area contributed by atoms with E-state index in [-0.39, 0.29) is 17.1 Å². The zero-order valence-electron chi connectivity index (χ0n) is 14.3. The lowest BCUT2D eigenvalue weighted by molar-refractivity contribution is -0.154. The summed E-state index contributed by atoms with van der Waals surface area (Å²) < 4.78 is 46.4. The van der Waals surface area contributed by atoms with Crippen LogP contribution < -0.4 is 9.47 Å². The van der Waals surface area contributed by atoms with Gasteiger partial charge in [-0.2, -0.15) is 13.2 Å². The van der Waals surface area contributed by atoms with Crippen molar-refractivity contribution in [2.45, 2.75) is 12.7 Å². The van der Waals surface area contributed by atoms with E-state index < -0.39 is 24.6 Å². The van der Waals surface area contributed by atoms with Crippen LogP contribution in [0.2, 0.25) is 10.0 Å². The largest absolute Gasteiger partial charge is 0.496 e. The number of halogens is 5. The standard InChI is InChI=1S/C17H15Cl2F3N2O3/c1-24(8-11-5-12(18)3-4-14(11)26-2)16(25)10-6-13(19)15(23-7-10)27-9-17(20,21)22/h3-7H,8-9H2,1-2H3. The minimum Gasteiger partial charge on any atom is -0.496 e. The Labute approximate surface area is 163 Å². The summed E-state index contributed by atoms with van der Waals surface area (Å²) >= 11 is 11.8. The number of benzene rings is 1. The quantitative estimate of drug-likeness (QED) is 0.681. The second-order valence-corrected chi connectivity index (χ2v) is 6.38. The summed E-state index contributed by atoms with van der Waals surface area (Å²) in [4.78, 5) is 17.6. The van der Waals surface area contributed by atoms with Crippen molar-refractivity contribution in [2.24, 2.45) is 0 Å². The molecular formula is C17H15Cl2F3N2O3. The fraction of sp³-hybridized carbons (Fsp3) is 0.294. The summed E-state index contributed by atoms with van der Waals surface area (Å²) in [6.45, 7) is -1.34. The van der Waals surface area contributed by atoms with Gasteiger partial charge in [0.05, 0.1) is 12.7 Å². The van der Waals surface area contributed by atoms with Crippen LogP contribution in [0.15, 0.2) is 30.5 Å². The third-order valence-electron chi connectivity index (χ3n) is 3.42. The number of alkyl halides is 3. The molecular weight excluding hydrogens is 408 g/mol. The van der Waals surface area contributed by atoms with Crippen molar-refractivity contribution in [3.05, 3.63) is 51.6 Å². The van der Waals surface area contributed by atoms with Crippen molar-refractivity contribution in [1.82, 2.24) is 9.88 Å². The topological polar surface area (TPSA) is 51.7 Å². The molecule has 0 aliphatic rings. The van der Waals surface area contributed by atoms with Crippen molar-refractivity contribution >= 4 is 29.1 Å². The lowest BCUT2D eigenvalue weighted by Crippen LogP contribution is -2.26. The van der Waals surface area contributed by atoms with Crippen LogP contribution in [0.5, 0.6) is 11.6 Å². The predicted molar refractivity (Wildman–Crippen MR) is 94.6 cm³/mol. The van der Waals surface area contributed by atoms with Crippen molar-refractivity contribution in [2.75, 3.05) is 20.8 Å². The highest BCUT2D eigenvalue weighted by Crippen LogP contribution is 2.27. The van der Waals surface area contributed by atoms with Crippen LogP contribution in [-0.2, 0) is 6.54 Å². The molecule has 27 heavy (non-hydrogen) atoms. The van der Waals surface area contributed by atoms with Gasteiger partial charge in [0.15, 0.2) is 6.61 Å². The lowest BCUT2D eigenvalue weighted by Gasteiger charge is -2.19. The van der Waals surface area contributed by atoms with E-state index in [9.17, 15) is 18.0 Å². The van der Waals surface area contributed by atoms with Gasteiger partial charge in [0.25, 0.3) is 5.91 Å². The SMILES string of the molecule is COc1ccc(Cl)cc1CN(C)C(=O)c1cnc(OCC(F)(F)F)c(Cl)c1. The van der Waals surface area contributed by atoms with E-state index in [2.05, 4.69) is 9.72 Å². The molecule has 0 saturated heterocycles. The maximum atomic E-state index is 12.5. The molecule has 5 nitrogen and oxygen atoms in total. The van der Waals surface area contributed by atoms with E-state index in [1.54, 1.807) is 25.2 Å². The fourth-order valence-electron chi connectivity index (χ4n) is 2.22. The maximum Gasteiger partial charge on any atom is 0.422 e. The van der Waals surface area contributed by atoms with Gasteiger partial charge in [0.2, 0.25) is 5.88 Å². The molecule has 2 rings (SSSR count). The Hall–Kier alpha value is -2.19. The van der Waals surface area contributed by atoms with Gasteiger partial charge < -0.3 is 14.4 Å². The van der Waals surface area contributed by atoms with Crippen LogP contribution in [0.1, 0.15) is 15.9 Å². The van der Waals surface area contributed by atoms with Crippen LogP contribution in [-0.4, -0.2) is 42.7 Å². The molecule has 2 aromatic rings. The molecule has 0 unspecified atom stereocenters. The van der Waals surface area contributed by atoms with Gasteiger partial charge in [0, 0.05) is 30.4 Å². The highest BCUT2D eigenvalue weighted by molar-refractivity contribution is 6.32. The van der Waals surface area contributed by atoms with Gasteiger partial charge in [-0.25, -0.2) is 4.98 Å². The first kappa shape index (κ1) is 21.1. The van der Waals surface area contributed by atoms with Gasteiger partial charge >= 0.3 is 6.18 Å². The van der Waals surface area contributed by atoms with E-state index in [0.29, 0.717) is 16.3 Å². The Morgan fingerprint density at radius 3 is 2.56 bits per heavy atom. The molecule has 0 N–H and O–H groups in total. The zero-order chi connectivity index (χ0) is 20.2. The van der Waals surface area contributed by atoms with Gasteiger partial charge in [-0.1, -0.05) is 23.2 Å². The number of hydrogen-bond acceptors (Lipinski definition) is 4. The summed E-state index contributed by atoms with van der Waals surface area (Å²) in [7, 11) is 3.04. The Morgan fingerprint density at radius 2 is 1.96 bits per heavy atom. The smallest absolute Gasteiger partial charge is 0.422 e. The monoisotopic (exact) mass is 422 g/mol. The Bertz CT molecular complexity index is 832. The summed E-state index contributed by atoms with van der Waals surface area (Å²) in [5, 5.41) is 0.293. The summed E-state index contributed by atoms with van der Waals surface area (Å²) in [5.41, 5.74) is 0.785. The predicted octanol–water partition coefficient (Wildman–Crippen LogP) is 4.61. The number of pyridine rings is 1. The number of aromatic nitrogens is 1. The van der Waals surface area contributed by atoms with Gasteiger partial charge in [-0.3, -0.25) is 4.79 Å². The number of methoxy groups -OCH3 is 1. The second-order valence-electron chi connectivity index (χ2n) is 5.53. The van der Waals surface area contributed by atoms with E-state index in [4.69, 9.17) is 27.9 Å². The molecule has 0 spiro atoms. The van der Waals surface area contributed by atoms with E-state index >= 15 is 0 Å². The van der Waals surface area contributed by atoms with E-state index in [1.165, 1.54) is 18.1 Å². The molecule has 146 valence electrons. The van der Waals surface area contributed by atoms with Crippen molar-refractivity contribution in [3.63, 3.8) is 0 Å². The molecule has 0 saturated carbocycles. The fourth-order valence-corrected chi connectivity index (χ4v) is 2.63. The zero-order valence-corrected chi connectivity index (χ0v) is 15.8. The minimum absolute atomic E-state index is 0.0999. The molecule has 1 aromatic carbocycles. The number of hydrogen-bond donors (Lipinski definition) is 0. The normalized spacial score (nSPS) is 11.2. The third-order valence-corrected chi connectivity index (χ3v) is 3.93. The van der Waals surface area contributed by atoms with Crippen molar-refractivity contribution in [1.29, 1.82) is 0 Å². The molecule has 1 aromatic heterocycles. The van der Waals surface area contributed by atoms with Gasteiger partial charge in [-0.05, 0) is 24.3 Å². The summed E-state index contributed by atoms with van der Waals surface area (Å²) in [5.74, 6) is -0.274. The number of amides is 1. The van der Waals surface area contributed by atoms with Crippen molar-refractivity contribution in [3.8, 4) is 11.6 Å². The molecule has 1 amide bonds. The molecule has 0 radical (unpaired) electrons. The Morgan fingerprint density at radius 1 is 1.26 bits per heavy atom. The highest BCUT2D eigenvalue weighted by atomic mass is 35.5. The number of carbonyl (C=O) groups excluding carboxylic acids is 1. The van der Waals surface area contributed by atoms with Crippen LogP contribution in [0.4, 0.5) is 13.2 Å². The minimum atomic E-state index is -4.52. The van der Waals surface area contributed by atoms with Gasteiger partial charge in [-0.15, -0.1) is 0 Å². The third kappa shape index (κ3) is 5.90. The average molecular weight is 423 g/mol. The van der Waals surface area contributed by atoms with Gasteiger partial charge in [0.1, 0.15) is 10.8 Å². The van der Waals surface area contributed by atoms with Crippen LogP contribution in [0, 0.1) is 0 Å². The highest BCUT2D eigenvalue weighted by Gasteiger charge is 2.29. The van der Waals surface area contributed by atoms with E-state index in [1.807, 2.05) is 0 Å². The Balaban J connectivity index is 2.13. The average Bonchev–Trinajstić information content (AvgIpc) is 2.59. The number of carbonyl (C=O) groups is 1. The summed E-state index contributed by atoms with van der Waals surface area (Å²) in [6.07, 6.45) is -3.42. The molecule has 1 heterocycles. The van der Waals surface area contributed by atoms with Crippen LogP contribution in [0.25, 0.3) is 0 Å². The first-order valence-corrected chi connectivity index (χ1v) is 8.29. The van der Waals surface area contributed by atoms with E-state index in [0.717, 1.165) is 6.20 Å². The second kappa shape index (κ2) is 8.67. The Kier molecular flexibility index (Phi) is 6.78. The van der Waals surface area contributed by atoms with Crippen LogP contribution in [0.3, 0.4) is 0 Å². The lowest BCUT2D eigenvalue weighted by atomic mass is 10.1. The van der Waals surface area contributed by atoms with Crippen molar-refractivity contribution < 1.29 is 27.4 Å². The molecule has 0 atom stereocenters. The molecule has 0 aliphatic heterocycles. The number of ether oxygens (including phenoxy) is 2. The van der Waals surface area contributed by atoms with Crippen LogP contribution >= 0.6 is 23.2 Å². The number of nitrogens with zero attached hydrogens (tertiary/aromatic N) is 2. The molecule has 0 bridgehead atoms. The molecule has 10 heteroatoms. The summed E-state index contributed by atoms with van der Waals surface area (Å²) in [6, 6.07) is 6.22. The molecule has 0 aliphatic carbocycles. The first-order chi connectivity index (χ1) is 12.6. The number of rotatable bonds is 6. The maximum absolute atomic E-state index is 12.5. The first-order valence-electron chi connectivity index (χ1n) is 7.53.